The molecule has 5 unspecified atom stereocenters. The lowest BCUT2D eigenvalue weighted by molar-refractivity contribution is -0.217. The smallest absolute Gasteiger partial charge is 0.335 e. The number of carboxylic acid groups (broad SMARTS) is 4. The van der Waals surface area contributed by atoms with Crippen LogP contribution in [-0.2, 0) is 60.3 Å². The molecule has 11 N–H and O–H groups in total. The Kier molecular flexibility index (Phi) is 17.4. The Morgan fingerprint density at radius 1 is 0.848 bits per heavy atom. The molecule has 1 amide bonds. The van der Waals surface area contributed by atoms with Gasteiger partial charge in [0.15, 0.2) is 24.4 Å². The van der Waals surface area contributed by atoms with Crippen LogP contribution in [0.15, 0.2) is 60.2 Å². The van der Waals surface area contributed by atoms with Crippen LogP contribution in [0.4, 0.5) is 5.69 Å². The number of hydrogen-bond acceptors (Lipinski definition) is 18. The van der Waals surface area contributed by atoms with E-state index in [1.807, 2.05) is 19.2 Å². The van der Waals surface area contributed by atoms with Crippen LogP contribution < -0.4 is 15.0 Å². The predicted molar refractivity (Wildman–Crippen MR) is 280 cm³/mol. The first-order valence-corrected chi connectivity index (χ1v) is 26.0. The summed E-state index contributed by atoms with van der Waals surface area (Å²) in [6.07, 6.45) is 0.0892. The molecule has 24 nitrogen and oxygen atoms in total. The van der Waals surface area contributed by atoms with Crippen molar-refractivity contribution in [2.75, 3.05) is 65.4 Å². The Labute approximate surface area is 454 Å². The van der Waals surface area contributed by atoms with Gasteiger partial charge in [0.25, 0.3) is 0 Å². The molecule has 1 spiro atoms. The van der Waals surface area contributed by atoms with Crippen molar-refractivity contribution in [3.05, 3.63) is 82.6 Å². The maximum Gasteiger partial charge on any atom is 0.335 e. The highest BCUT2D eigenvalue weighted by atomic mass is 16.6. The molecule has 430 valence electrons. The van der Waals surface area contributed by atoms with Crippen molar-refractivity contribution in [1.29, 1.82) is 0 Å². The molecule has 1 saturated carbocycles. The summed E-state index contributed by atoms with van der Waals surface area (Å²) in [6.45, 7) is 11.1. The molecular formula is C55H71N5O19. The van der Waals surface area contributed by atoms with Gasteiger partial charge in [0.05, 0.1) is 26.8 Å². The molecular weight excluding hydrogens is 1030 g/mol. The first-order valence-electron chi connectivity index (χ1n) is 26.0. The fraction of sp³-hybridized carbons (Fsp3) is 0.545. The van der Waals surface area contributed by atoms with Gasteiger partial charge in [-0.05, 0) is 67.8 Å². The first-order chi connectivity index (χ1) is 37.2. The van der Waals surface area contributed by atoms with E-state index in [1.54, 1.807) is 7.11 Å². The molecule has 2 aromatic carbocycles. The normalized spacial score (nSPS) is 29.6. The highest BCUT2D eigenvalue weighted by molar-refractivity contribution is 5.94. The SMILES string of the molecule is CCC1=C[C@@H]2CN(CCc3c([nH]c4ccccc34)[C@@](C(=O)OC)(c3cc4c(cc3OC)N(C)[C@H]3[C@@](O)(CNC(C)=O)[C@H](OC(C)=O)[C@]5(CC)C=CCN6CC[C@]43[C@@H]65)C2)C1.O=C(O)C(O)C(O)C(=O)O.O=C(O)C(O)C(O)C(=O)O. The van der Waals surface area contributed by atoms with Crippen molar-refractivity contribution >= 4 is 58.3 Å². The van der Waals surface area contributed by atoms with Gasteiger partial charge in [0, 0.05) is 97.9 Å². The molecule has 1 aliphatic carbocycles. The second kappa shape index (κ2) is 23.0. The number of benzene rings is 2. The average Bonchev–Trinajstić information content (AvgIpc) is 3.25. The molecule has 0 radical (unpaired) electrons. The molecule has 5 aliphatic heterocycles. The molecule has 6 heterocycles. The number of aliphatic hydroxyl groups is 5. The number of fused-ring (bicyclic) bond motifs is 6. The number of rotatable bonds is 14. The fourth-order valence-electron chi connectivity index (χ4n) is 13.8. The highest BCUT2D eigenvalue weighted by Gasteiger charge is 2.78. The number of nitrogens with one attached hydrogen (secondary N) is 2. The third kappa shape index (κ3) is 10.2. The molecule has 2 bridgehead atoms. The van der Waals surface area contributed by atoms with Gasteiger partial charge in [-0.15, -0.1) is 0 Å². The number of amides is 1. The number of methoxy groups -OCH3 is 2. The molecule has 24 heteroatoms. The summed E-state index contributed by atoms with van der Waals surface area (Å²) >= 11 is 0. The van der Waals surface area contributed by atoms with Crippen LogP contribution in [0.25, 0.3) is 10.9 Å². The van der Waals surface area contributed by atoms with Crippen molar-refractivity contribution in [3.8, 4) is 5.75 Å². The quantitative estimate of drug-likeness (QED) is 0.0774. The lowest BCUT2D eigenvalue weighted by Gasteiger charge is -2.64. The molecule has 13 atom stereocenters. The summed E-state index contributed by atoms with van der Waals surface area (Å²) in [7, 11) is 5.13. The van der Waals surface area contributed by atoms with E-state index in [2.05, 4.69) is 81.3 Å². The standard InChI is InChI=1S/C47H59N5O7.2C4H6O6/c1-8-30-21-31-24-46(43(55)58-7,39-33(15-19-51(25-30)26-31)32-13-10-11-14-36(32)49-39)35-22-34-37(23-38(35)57-6)50(5)41-45(34)17-20-52-18-12-16-44(9-2,40(45)52)42(59-29(4)54)47(41,56)27-48-28(3)53;2*5-1(3(7)8)2(6)4(9)10/h10-14,16,21-23,31,40-42,49,56H,8-9,15,17-20,24-27H2,1-7H3,(H,48,53);2*1-2,5-6H,(H,7,8)(H,9,10)/t31-,40-,41+,42+,44+,45+,46-,47-;;/m0../s1. The van der Waals surface area contributed by atoms with E-state index in [9.17, 15) is 33.9 Å². The number of aromatic nitrogens is 1. The van der Waals surface area contributed by atoms with E-state index < -0.39 is 88.3 Å². The largest absolute Gasteiger partial charge is 0.496 e. The Morgan fingerprint density at radius 2 is 1.47 bits per heavy atom. The topological polar surface area (TPSA) is 367 Å². The molecule has 9 rings (SSSR count). The van der Waals surface area contributed by atoms with Crippen LogP contribution in [0.1, 0.15) is 75.8 Å². The highest BCUT2D eigenvalue weighted by Crippen LogP contribution is 2.68. The van der Waals surface area contributed by atoms with Crippen LogP contribution in [-0.4, -0.2) is 211 Å². The van der Waals surface area contributed by atoms with Crippen LogP contribution in [0.3, 0.4) is 0 Å². The molecule has 1 aromatic heterocycles. The van der Waals surface area contributed by atoms with Crippen LogP contribution in [0, 0.1) is 11.3 Å². The minimum Gasteiger partial charge on any atom is -0.496 e. The van der Waals surface area contributed by atoms with Crippen molar-refractivity contribution in [2.24, 2.45) is 11.3 Å². The fourth-order valence-corrected chi connectivity index (χ4v) is 13.8. The number of hydrogen-bond donors (Lipinski definition) is 11. The Morgan fingerprint density at radius 3 is 2.01 bits per heavy atom. The number of H-pyrrole nitrogens is 1. The van der Waals surface area contributed by atoms with Gasteiger partial charge in [0.1, 0.15) is 22.9 Å². The lowest BCUT2D eigenvalue weighted by atomic mass is 9.47. The number of nitrogens with zero attached hydrogens (tertiary/aromatic N) is 3. The third-order valence-electron chi connectivity index (χ3n) is 16.9. The summed E-state index contributed by atoms with van der Waals surface area (Å²) in [4.78, 5) is 91.1. The van der Waals surface area contributed by atoms with Crippen molar-refractivity contribution in [1.82, 2.24) is 20.1 Å². The second-order valence-corrected chi connectivity index (χ2v) is 21.2. The molecule has 2 fully saturated rings. The van der Waals surface area contributed by atoms with Gasteiger partial charge in [-0.1, -0.05) is 55.8 Å². The number of anilines is 1. The minimum atomic E-state index is -2.27. The predicted octanol–water partition coefficient (Wildman–Crippen LogP) is 0.514. The lowest BCUT2D eigenvalue weighted by Crippen LogP contribution is -2.81. The van der Waals surface area contributed by atoms with Crippen molar-refractivity contribution in [3.63, 3.8) is 0 Å². The zero-order valence-corrected chi connectivity index (χ0v) is 45.0. The summed E-state index contributed by atoms with van der Waals surface area (Å²) in [5.41, 5.74) is 2.34. The number of carbonyl (C=O) groups is 7. The van der Waals surface area contributed by atoms with Gasteiger partial charge in [-0.25, -0.2) is 19.2 Å². The van der Waals surface area contributed by atoms with E-state index in [0.29, 0.717) is 31.6 Å². The van der Waals surface area contributed by atoms with E-state index in [4.69, 9.17) is 55.1 Å². The monoisotopic (exact) mass is 1110 g/mol. The average molecular weight is 1110 g/mol. The van der Waals surface area contributed by atoms with Crippen molar-refractivity contribution < 1.29 is 93.7 Å². The van der Waals surface area contributed by atoms with Gasteiger partial charge in [0.2, 0.25) is 5.91 Å². The van der Waals surface area contributed by atoms with Gasteiger partial charge >= 0.3 is 35.8 Å². The van der Waals surface area contributed by atoms with Crippen LogP contribution in [0.2, 0.25) is 0 Å². The summed E-state index contributed by atoms with van der Waals surface area (Å²) in [6, 6.07) is 11.8. The molecule has 6 aliphatic rings. The van der Waals surface area contributed by atoms with E-state index >= 15 is 4.79 Å². The number of aromatic amines is 1. The molecule has 3 aromatic rings. The molecule has 79 heavy (non-hydrogen) atoms. The van der Waals surface area contributed by atoms with Crippen LogP contribution >= 0.6 is 0 Å². The van der Waals surface area contributed by atoms with Gasteiger partial charge < -0.3 is 75.4 Å². The number of aliphatic carboxylic acids is 4. The van der Waals surface area contributed by atoms with E-state index in [0.717, 1.165) is 78.0 Å². The summed E-state index contributed by atoms with van der Waals surface area (Å²) in [5, 5.41) is 82.7. The minimum absolute atomic E-state index is 0.0434. The Bertz CT molecular complexity index is 2870. The maximum atomic E-state index is 15.3. The third-order valence-corrected chi connectivity index (χ3v) is 16.9. The van der Waals surface area contributed by atoms with Gasteiger partial charge in [-0.3, -0.25) is 24.2 Å². The number of likely N-dealkylation sites (N-methyl/N-ethyl adjacent to an activating group) is 1. The summed E-state index contributed by atoms with van der Waals surface area (Å²) in [5.74, 6) is -7.61. The summed E-state index contributed by atoms with van der Waals surface area (Å²) < 4.78 is 18.7. The van der Waals surface area contributed by atoms with Gasteiger partial charge in [-0.2, -0.15) is 0 Å². The van der Waals surface area contributed by atoms with E-state index in [1.165, 1.54) is 26.5 Å². The Balaban J connectivity index is 0.000000384. The number of para-hydroxylation sites is 1. The maximum absolute atomic E-state index is 15.3. The molecule has 1 saturated heterocycles. The first kappa shape index (κ1) is 59.7. The second-order valence-electron chi connectivity index (χ2n) is 21.2. The van der Waals surface area contributed by atoms with E-state index in [-0.39, 0.29) is 30.4 Å². The zero-order valence-electron chi connectivity index (χ0n) is 45.0. The number of carbonyl (C=O) groups excluding carboxylic acids is 3. The number of esters is 2. The number of aliphatic hydroxyl groups excluding tert-OH is 4. The number of carboxylic acids is 4. The van der Waals surface area contributed by atoms with Crippen molar-refractivity contribution in [2.45, 2.75) is 119 Å². The Hall–Kier alpha value is -6.93. The zero-order chi connectivity index (χ0) is 58.3. The van der Waals surface area contributed by atoms with Crippen LogP contribution in [0.5, 0.6) is 5.75 Å². The number of ether oxygens (including phenoxy) is 3.